The van der Waals surface area contributed by atoms with Gasteiger partial charge in [0.25, 0.3) is 0 Å². The van der Waals surface area contributed by atoms with Crippen LogP contribution in [0.2, 0.25) is 10.0 Å². The lowest BCUT2D eigenvalue weighted by atomic mass is 10.2. The molecule has 0 unspecified atom stereocenters. The topological polar surface area (TPSA) is 55.2 Å². The van der Waals surface area contributed by atoms with E-state index >= 15 is 0 Å². The predicted molar refractivity (Wildman–Crippen MR) is 123 cm³/mol. The maximum atomic E-state index is 6.30. The van der Waals surface area contributed by atoms with Crippen molar-refractivity contribution in [2.24, 2.45) is 5.10 Å². The standard InChI is InChI=1S/C22H16Cl2N4OS/c23-17-8-11-19(20(24)12-17)21-26-27-22(30)28(21)25-13-15-6-9-18(10-7-15)29-14-16-4-2-1-3-5-16/h1-13H,14H2,(H,27,30). The molecule has 30 heavy (non-hydrogen) atoms. The quantitative estimate of drug-likeness (QED) is 0.271. The van der Waals surface area contributed by atoms with E-state index in [9.17, 15) is 0 Å². The van der Waals surface area contributed by atoms with Gasteiger partial charge in [-0.1, -0.05) is 53.5 Å². The van der Waals surface area contributed by atoms with Crippen molar-refractivity contribution >= 4 is 41.6 Å². The summed E-state index contributed by atoms with van der Waals surface area (Å²) in [6, 6.07) is 22.8. The second kappa shape index (κ2) is 9.26. The Morgan fingerprint density at radius 1 is 1.03 bits per heavy atom. The lowest BCUT2D eigenvalue weighted by Crippen LogP contribution is -1.96. The summed E-state index contributed by atoms with van der Waals surface area (Å²) in [6.07, 6.45) is 1.69. The van der Waals surface area contributed by atoms with Crippen molar-refractivity contribution in [2.75, 3.05) is 0 Å². The zero-order chi connectivity index (χ0) is 20.9. The Balaban J connectivity index is 1.50. The molecule has 1 N–H and O–H groups in total. The summed E-state index contributed by atoms with van der Waals surface area (Å²) >= 11 is 17.6. The van der Waals surface area contributed by atoms with Crippen LogP contribution in [-0.2, 0) is 6.61 Å². The molecule has 0 saturated heterocycles. The molecule has 0 radical (unpaired) electrons. The molecule has 1 heterocycles. The van der Waals surface area contributed by atoms with Crippen LogP contribution in [0.25, 0.3) is 11.4 Å². The molecule has 0 amide bonds. The van der Waals surface area contributed by atoms with Crippen LogP contribution in [0.4, 0.5) is 0 Å². The van der Waals surface area contributed by atoms with Crippen LogP contribution in [0.3, 0.4) is 0 Å². The first-order chi connectivity index (χ1) is 14.6. The van der Waals surface area contributed by atoms with E-state index in [4.69, 9.17) is 40.2 Å². The molecular weight excluding hydrogens is 439 g/mol. The normalized spacial score (nSPS) is 11.1. The van der Waals surface area contributed by atoms with Crippen molar-refractivity contribution in [1.29, 1.82) is 0 Å². The van der Waals surface area contributed by atoms with Gasteiger partial charge in [0, 0.05) is 10.6 Å². The number of nitrogens with one attached hydrogen (secondary N) is 1. The average molecular weight is 455 g/mol. The molecule has 8 heteroatoms. The Kier molecular flexibility index (Phi) is 6.28. The summed E-state index contributed by atoms with van der Waals surface area (Å²) in [6.45, 7) is 0.518. The Hall–Kier alpha value is -2.93. The summed E-state index contributed by atoms with van der Waals surface area (Å²) in [5.41, 5.74) is 2.68. The molecule has 0 spiro atoms. The van der Waals surface area contributed by atoms with E-state index in [0.29, 0.717) is 32.8 Å². The number of rotatable bonds is 6. The first kappa shape index (κ1) is 20.3. The molecule has 0 aliphatic rings. The van der Waals surface area contributed by atoms with Crippen LogP contribution < -0.4 is 4.74 Å². The maximum absolute atomic E-state index is 6.30. The van der Waals surface area contributed by atoms with E-state index < -0.39 is 0 Å². The van der Waals surface area contributed by atoms with Crippen LogP contribution >= 0.6 is 35.4 Å². The van der Waals surface area contributed by atoms with E-state index in [1.165, 1.54) is 4.68 Å². The first-order valence-corrected chi connectivity index (χ1v) is 10.2. The number of benzene rings is 3. The number of halogens is 2. The number of aromatic nitrogens is 3. The molecule has 0 bridgehead atoms. The van der Waals surface area contributed by atoms with Gasteiger partial charge in [-0.2, -0.15) is 14.9 Å². The Morgan fingerprint density at radius 3 is 2.53 bits per heavy atom. The highest BCUT2D eigenvalue weighted by Crippen LogP contribution is 2.29. The van der Waals surface area contributed by atoms with E-state index in [0.717, 1.165) is 16.9 Å². The fraction of sp³-hybridized carbons (Fsp3) is 0.0455. The van der Waals surface area contributed by atoms with Gasteiger partial charge in [-0.05, 0) is 65.8 Å². The number of hydrogen-bond acceptors (Lipinski definition) is 4. The van der Waals surface area contributed by atoms with Crippen molar-refractivity contribution < 1.29 is 4.74 Å². The van der Waals surface area contributed by atoms with Crippen LogP contribution in [0.5, 0.6) is 5.75 Å². The van der Waals surface area contributed by atoms with Crippen LogP contribution in [0.15, 0.2) is 77.9 Å². The number of nitrogens with zero attached hydrogens (tertiary/aromatic N) is 3. The smallest absolute Gasteiger partial charge is 0.216 e. The molecule has 4 rings (SSSR count). The number of ether oxygens (including phenoxy) is 1. The third-order valence-corrected chi connectivity index (χ3v) is 5.09. The Bertz CT molecular complexity index is 1230. The van der Waals surface area contributed by atoms with E-state index in [-0.39, 0.29) is 0 Å². The number of aromatic amines is 1. The van der Waals surface area contributed by atoms with Gasteiger partial charge in [0.05, 0.1) is 11.2 Å². The molecule has 0 aliphatic carbocycles. The lowest BCUT2D eigenvalue weighted by molar-refractivity contribution is 0.306. The summed E-state index contributed by atoms with van der Waals surface area (Å²) in [5.74, 6) is 1.28. The molecule has 4 aromatic rings. The average Bonchev–Trinajstić information content (AvgIpc) is 3.12. The van der Waals surface area contributed by atoms with E-state index in [1.54, 1.807) is 24.4 Å². The summed E-state index contributed by atoms with van der Waals surface area (Å²) in [7, 11) is 0. The zero-order valence-electron chi connectivity index (χ0n) is 15.6. The molecule has 5 nitrogen and oxygen atoms in total. The number of hydrogen-bond donors (Lipinski definition) is 1. The minimum atomic E-state index is 0.357. The molecule has 1 aromatic heterocycles. The lowest BCUT2D eigenvalue weighted by Gasteiger charge is -2.06. The van der Waals surface area contributed by atoms with E-state index in [1.807, 2.05) is 54.6 Å². The second-order valence-electron chi connectivity index (χ2n) is 6.38. The predicted octanol–water partition coefficient (Wildman–Crippen LogP) is 6.38. The Morgan fingerprint density at radius 2 is 1.80 bits per heavy atom. The van der Waals surface area contributed by atoms with Gasteiger partial charge in [0.1, 0.15) is 12.4 Å². The molecule has 0 saturated carbocycles. The fourth-order valence-corrected chi connectivity index (χ4v) is 3.43. The number of H-pyrrole nitrogens is 1. The van der Waals surface area contributed by atoms with Crippen LogP contribution in [0, 0.1) is 4.77 Å². The monoisotopic (exact) mass is 454 g/mol. The minimum Gasteiger partial charge on any atom is -0.489 e. The third kappa shape index (κ3) is 4.79. The largest absolute Gasteiger partial charge is 0.489 e. The highest BCUT2D eigenvalue weighted by molar-refractivity contribution is 7.71. The van der Waals surface area contributed by atoms with Gasteiger partial charge in [0.2, 0.25) is 4.77 Å². The van der Waals surface area contributed by atoms with Gasteiger partial charge in [-0.3, -0.25) is 0 Å². The van der Waals surface area contributed by atoms with Crippen LogP contribution in [-0.4, -0.2) is 21.1 Å². The molecular formula is C22H16Cl2N4OS. The van der Waals surface area contributed by atoms with Crippen LogP contribution in [0.1, 0.15) is 11.1 Å². The molecule has 0 aliphatic heterocycles. The molecule has 150 valence electrons. The van der Waals surface area contributed by atoms with Crippen molar-refractivity contribution in [3.63, 3.8) is 0 Å². The molecule has 3 aromatic carbocycles. The third-order valence-electron chi connectivity index (χ3n) is 4.27. The molecule has 0 fully saturated rings. The molecule has 0 atom stereocenters. The SMILES string of the molecule is S=c1[nH]nc(-c2ccc(Cl)cc2Cl)n1N=Cc1ccc(OCc2ccccc2)cc1. The van der Waals surface area contributed by atoms with Gasteiger partial charge in [-0.15, -0.1) is 0 Å². The van der Waals surface area contributed by atoms with E-state index in [2.05, 4.69) is 15.3 Å². The van der Waals surface area contributed by atoms with Crippen molar-refractivity contribution in [1.82, 2.24) is 14.9 Å². The summed E-state index contributed by atoms with van der Waals surface area (Å²) in [4.78, 5) is 0. The van der Waals surface area contributed by atoms with Gasteiger partial charge in [0.15, 0.2) is 5.82 Å². The van der Waals surface area contributed by atoms with Crippen molar-refractivity contribution in [2.45, 2.75) is 6.61 Å². The van der Waals surface area contributed by atoms with Crippen molar-refractivity contribution in [3.05, 3.63) is 98.7 Å². The van der Waals surface area contributed by atoms with Gasteiger partial charge >= 0.3 is 0 Å². The zero-order valence-corrected chi connectivity index (χ0v) is 18.0. The van der Waals surface area contributed by atoms with Gasteiger partial charge in [-0.25, -0.2) is 5.10 Å². The highest BCUT2D eigenvalue weighted by atomic mass is 35.5. The first-order valence-electron chi connectivity index (χ1n) is 9.04. The Labute approximate surface area is 188 Å². The fourth-order valence-electron chi connectivity index (χ4n) is 2.76. The minimum absolute atomic E-state index is 0.357. The van der Waals surface area contributed by atoms with Crippen molar-refractivity contribution in [3.8, 4) is 17.1 Å². The summed E-state index contributed by atoms with van der Waals surface area (Å²) in [5, 5.41) is 12.5. The maximum Gasteiger partial charge on any atom is 0.216 e. The van der Waals surface area contributed by atoms with Gasteiger partial charge < -0.3 is 4.74 Å². The highest BCUT2D eigenvalue weighted by Gasteiger charge is 2.12. The second-order valence-corrected chi connectivity index (χ2v) is 7.61. The summed E-state index contributed by atoms with van der Waals surface area (Å²) < 4.78 is 7.68.